The van der Waals surface area contributed by atoms with Gasteiger partial charge in [0.1, 0.15) is 23.7 Å². The molecule has 1 atom stereocenters. The van der Waals surface area contributed by atoms with Crippen molar-refractivity contribution in [2.45, 2.75) is 44.4 Å². The highest BCUT2D eigenvalue weighted by Gasteiger charge is 2.27. The second-order valence-corrected chi connectivity index (χ2v) is 8.15. The molecule has 1 aromatic carbocycles. The zero-order valence-corrected chi connectivity index (χ0v) is 18.2. The first-order chi connectivity index (χ1) is 15.0. The molecule has 0 aliphatic heterocycles. The normalized spacial score (nSPS) is 14.4. The molecule has 3 aromatic rings. The molecule has 1 aliphatic carbocycles. The van der Waals surface area contributed by atoms with Gasteiger partial charge in [-0.05, 0) is 55.9 Å². The highest BCUT2D eigenvalue weighted by atomic mass is 16.5. The Balaban J connectivity index is 1.52. The molecule has 162 valence electrons. The lowest BCUT2D eigenvalue weighted by atomic mass is 9.92. The van der Waals surface area contributed by atoms with E-state index >= 15 is 0 Å². The number of benzene rings is 1. The molecule has 0 bridgehead atoms. The summed E-state index contributed by atoms with van der Waals surface area (Å²) in [5.74, 6) is 2.08. The summed E-state index contributed by atoms with van der Waals surface area (Å²) in [6, 6.07) is 9.69. The number of hydrogen-bond acceptors (Lipinski definition) is 6. The van der Waals surface area contributed by atoms with Gasteiger partial charge in [0.15, 0.2) is 0 Å². The van der Waals surface area contributed by atoms with Gasteiger partial charge in [0.05, 0.1) is 0 Å². The number of aromatic nitrogens is 5. The molecular weight excluding hydrogens is 392 g/mol. The third-order valence-corrected chi connectivity index (χ3v) is 5.57. The van der Waals surface area contributed by atoms with Gasteiger partial charge in [-0.15, -0.1) is 10.2 Å². The van der Waals surface area contributed by atoms with Crippen molar-refractivity contribution in [2.24, 2.45) is 7.05 Å². The Bertz CT molecular complexity index is 1060. The predicted molar refractivity (Wildman–Crippen MR) is 117 cm³/mol. The minimum absolute atomic E-state index is 0.197. The number of nitrogens with zero attached hydrogens (tertiary/aromatic N) is 5. The van der Waals surface area contributed by atoms with Crippen LogP contribution < -0.4 is 5.32 Å². The summed E-state index contributed by atoms with van der Waals surface area (Å²) in [6.07, 6.45) is 5.49. The van der Waals surface area contributed by atoms with Crippen molar-refractivity contribution in [1.82, 2.24) is 24.7 Å². The number of aryl methyl sites for hydroxylation is 2. The summed E-state index contributed by atoms with van der Waals surface area (Å²) in [7, 11) is 3.65. The number of methoxy groups -OCH3 is 1. The number of anilines is 1. The van der Waals surface area contributed by atoms with Crippen LogP contribution in [0.5, 0.6) is 0 Å². The summed E-state index contributed by atoms with van der Waals surface area (Å²) in [5, 5.41) is 11.2. The van der Waals surface area contributed by atoms with Gasteiger partial charge >= 0.3 is 0 Å². The summed E-state index contributed by atoms with van der Waals surface area (Å²) in [5.41, 5.74) is 3.09. The van der Waals surface area contributed by atoms with Crippen molar-refractivity contribution < 1.29 is 9.53 Å². The lowest BCUT2D eigenvalue weighted by Crippen LogP contribution is -2.16. The molecule has 1 aliphatic rings. The zero-order chi connectivity index (χ0) is 21.8. The van der Waals surface area contributed by atoms with Gasteiger partial charge in [0.25, 0.3) is 5.91 Å². The van der Waals surface area contributed by atoms with Gasteiger partial charge in [0, 0.05) is 44.5 Å². The lowest BCUT2D eigenvalue weighted by Gasteiger charge is -2.18. The second-order valence-electron chi connectivity index (χ2n) is 8.15. The van der Waals surface area contributed by atoms with Crippen LogP contribution in [0.15, 0.2) is 36.7 Å². The summed E-state index contributed by atoms with van der Waals surface area (Å²) < 4.78 is 7.25. The number of rotatable bonds is 9. The van der Waals surface area contributed by atoms with Crippen LogP contribution in [-0.2, 0) is 18.2 Å². The average Bonchev–Trinajstić information content (AvgIpc) is 3.53. The van der Waals surface area contributed by atoms with E-state index in [1.165, 1.54) is 0 Å². The van der Waals surface area contributed by atoms with Crippen molar-refractivity contribution >= 4 is 11.6 Å². The number of nitrogens with one attached hydrogen (secondary N) is 1. The van der Waals surface area contributed by atoms with Crippen molar-refractivity contribution in [1.29, 1.82) is 0 Å². The van der Waals surface area contributed by atoms with Gasteiger partial charge in [-0.1, -0.05) is 12.1 Å². The number of carbonyl (C=O) groups is 1. The predicted octanol–water partition coefficient (Wildman–Crippen LogP) is 3.41. The van der Waals surface area contributed by atoms with E-state index in [-0.39, 0.29) is 11.8 Å². The maximum absolute atomic E-state index is 12.9. The maximum atomic E-state index is 12.9. The molecule has 1 saturated carbocycles. The van der Waals surface area contributed by atoms with E-state index < -0.39 is 0 Å². The summed E-state index contributed by atoms with van der Waals surface area (Å²) >= 11 is 0. The van der Waals surface area contributed by atoms with Crippen LogP contribution in [0.2, 0.25) is 0 Å². The molecule has 2 heterocycles. The van der Waals surface area contributed by atoms with Crippen molar-refractivity contribution in [3.8, 4) is 0 Å². The SMILES string of the molecule is COCCC(Cc1nncn1C)c1cccc(NC(=O)c2cc(C)nc(C3CC3)n2)c1. The Hall–Kier alpha value is -3.13. The summed E-state index contributed by atoms with van der Waals surface area (Å²) in [4.78, 5) is 21.8. The molecule has 8 heteroatoms. The Kier molecular flexibility index (Phi) is 6.36. The van der Waals surface area contributed by atoms with E-state index in [1.807, 2.05) is 36.7 Å². The van der Waals surface area contributed by atoms with Crippen LogP contribution in [0.25, 0.3) is 0 Å². The van der Waals surface area contributed by atoms with Crippen LogP contribution in [-0.4, -0.2) is 44.4 Å². The van der Waals surface area contributed by atoms with Crippen molar-refractivity contribution in [3.05, 3.63) is 65.3 Å². The molecule has 4 rings (SSSR count). The van der Waals surface area contributed by atoms with Crippen molar-refractivity contribution in [3.63, 3.8) is 0 Å². The average molecular weight is 421 g/mol. The van der Waals surface area contributed by atoms with E-state index in [2.05, 4.69) is 31.5 Å². The molecule has 8 nitrogen and oxygen atoms in total. The first kappa shape index (κ1) is 21.1. The molecule has 1 amide bonds. The highest BCUT2D eigenvalue weighted by Crippen LogP contribution is 2.38. The van der Waals surface area contributed by atoms with Crippen LogP contribution in [0, 0.1) is 6.92 Å². The Morgan fingerprint density at radius 3 is 2.84 bits per heavy atom. The van der Waals surface area contributed by atoms with Crippen LogP contribution >= 0.6 is 0 Å². The fraction of sp³-hybridized carbons (Fsp3) is 0.435. The Labute approximate surface area is 182 Å². The first-order valence-electron chi connectivity index (χ1n) is 10.6. The zero-order valence-electron chi connectivity index (χ0n) is 18.2. The molecule has 1 N–H and O–H groups in total. The minimum Gasteiger partial charge on any atom is -0.385 e. The van der Waals surface area contributed by atoms with Gasteiger partial charge in [0.2, 0.25) is 0 Å². The minimum atomic E-state index is -0.216. The summed E-state index contributed by atoms with van der Waals surface area (Å²) in [6.45, 7) is 2.54. The molecular formula is C23H28N6O2. The molecule has 1 fully saturated rings. The van der Waals surface area contributed by atoms with Crippen LogP contribution in [0.3, 0.4) is 0 Å². The number of hydrogen-bond donors (Lipinski definition) is 1. The van der Waals surface area contributed by atoms with E-state index in [0.717, 1.165) is 54.3 Å². The molecule has 0 saturated heterocycles. The van der Waals surface area contributed by atoms with Gasteiger partial charge in [-0.2, -0.15) is 0 Å². The van der Waals surface area contributed by atoms with E-state index in [9.17, 15) is 4.79 Å². The largest absolute Gasteiger partial charge is 0.385 e. The smallest absolute Gasteiger partial charge is 0.274 e. The van der Waals surface area contributed by atoms with Gasteiger partial charge in [-0.25, -0.2) is 9.97 Å². The second kappa shape index (κ2) is 9.34. The fourth-order valence-corrected chi connectivity index (χ4v) is 3.66. The molecule has 1 unspecified atom stereocenters. The third-order valence-electron chi connectivity index (χ3n) is 5.57. The number of ether oxygens (including phenoxy) is 1. The standard InChI is InChI=1S/C23H28N6O2/c1-15-11-20(27-22(25-15)16-7-8-16)23(30)26-19-6-4-5-17(12-19)18(9-10-31-3)13-21-28-24-14-29(21)2/h4-6,11-12,14,16,18H,7-10,13H2,1-3H3,(H,26,30). The molecule has 31 heavy (non-hydrogen) atoms. The van der Waals surface area contributed by atoms with E-state index in [0.29, 0.717) is 18.2 Å². The fourth-order valence-electron chi connectivity index (χ4n) is 3.66. The number of amides is 1. The van der Waals surface area contributed by atoms with E-state index in [1.54, 1.807) is 19.5 Å². The Morgan fingerprint density at radius 1 is 1.29 bits per heavy atom. The van der Waals surface area contributed by atoms with Crippen LogP contribution in [0.4, 0.5) is 5.69 Å². The van der Waals surface area contributed by atoms with Gasteiger partial charge < -0.3 is 14.6 Å². The highest BCUT2D eigenvalue weighted by molar-refractivity contribution is 6.02. The molecule has 2 aromatic heterocycles. The third kappa shape index (κ3) is 5.32. The number of carbonyl (C=O) groups excluding carboxylic acids is 1. The Morgan fingerprint density at radius 2 is 2.13 bits per heavy atom. The van der Waals surface area contributed by atoms with E-state index in [4.69, 9.17) is 4.74 Å². The molecule has 0 spiro atoms. The topological polar surface area (TPSA) is 94.8 Å². The quantitative estimate of drug-likeness (QED) is 0.570. The van der Waals surface area contributed by atoms with Crippen molar-refractivity contribution in [2.75, 3.05) is 19.0 Å². The first-order valence-corrected chi connectivity index (χ1v) is 10.6. The van der Waals surface area contributed by atoms with Gasteiger partial charge in [-0.3, -0.25) is 4.79 Å². The van der Waals surface area contributed by atoms with Crippen LogP contribution in [0.1, 0.15) is 64.5 Å². The lowest BCUT2D eigenvalue weighted by molar-refractivity contribution is 0.102. The monoisotopic (exact) mass is 420 g/mol. The molecule has 0 radical (unpaired) electrons. The maximum Gasteiger partial charge on any atom is 0.274 e.